The van der Waals surface area contributed by atoms with Crippen molar-refractivity contribution in [2.45, 2.75) is 11.4 Å². The molecule has 188 valence electrons. The lowest BCUT2D eigenvalue weighted by molar-refractivity contribution is 0.484. The van der Waals surface area contributed by atoms with Crippen molar-refractivity contribution in [1.29, 1.82) is 0 Å². The van der Waals surface area contributed by atoms with Crippen molar-refractivity contribution in [3.05, 3.63) is 107 Å². The van der Waals surface area contributed by atoms with Crippen LogP contribution in [0.25, 0.3) is 22.0 Å². The van der Waals surface area contributed by atoms with Gasteiger partial charge in [0.05, 0.1) is 4.90 Å². The third-order valence-corrected chi connectivity index (χ3v) is 7.18. The molecule has 0 amide bonds. The zero-order valence-corrected chi connectivity index (χ0v) is 21.0. The number of hydrogen-bond acceptors (Lipinski definition) is 5. The molecule has 0 bridgehead atoms. The number of pyridine rings is 1. The Morgan fingerprint density at radius 3 is 2.59 bits per heavy atom. The summed E-state index contributed by atoms with van der Waals surface area (Å²) in [5.74, 6) is 0.633. The van der Waals surface area contributed by atoms with Gasteiger partial charge in [0, 0.05) is 66.1 Å². The predicted molar refractivity (Wildman–Crippen MR) is 142 cm³/mol. The van der Waals surface area contributed by atoms with E-state index in [0.717, 1.165) is 11.9 Å². The molecule has 0 unspecified atom stereocenters. The van der Waals surface area contributed by atoms with Gasteiger partial charge in [-0.1, -0.05) is 24.3 Å². The highest BCUT2D eigenvalue weighted by atomic mass is 32.2. The molecule has 3 aromatic carbocycles. The number of halogens is 1. The Kier molecular flexibility index (Phi) is 6.31. The molecule has 9 heteroatoms. The first-order chi connectivity index (χ1) is 17.7. The average Bonchev–Trinajstić information content (AvgIpc) is 3.36. The number of hydrogen-bond donors (Lipinski definition) is 2. The van der Waals surface area contributed by atoms with Crippen LogP contribution < -0.4 is 15.6 Å². The Morgan fingerprint density at radius 1 is 1.00 bits per heavy atom. The second kappa shape index (κ2) is 9.59. The van der Waals surface area contributed by atoms with E-state index < -0.39 is 9.84 Å². The second-order valence-electron chi connectivity index (χ2n) is 8.73. The summed E-state index contributed by atoms with van der Waals surface area (Å²) in [6.45, 7) is 0.300. The number of sulfone groups is 1. The zero-order valence-electron chi connectivity index (χ0n) is 20.2. The summed E-state index contributed by atoms with van der Waals surface area (Å²) in [5.41, 5.74) is 2.65. The largest absolute Gasteiger partial charge is 0.457 e. The third kappa shape index (κ3) is 4.99. The van der Waals surface area contributed by atoms with Crippen LogP contribution >= 0.6 is 0 Å². The minimum atomic E-state index is -3.50. The van der Waals surface area contributed by atoms with Gasteiger partial charge in [0.15, 0.2) is 9.84 Å². The molecule has 5 aromatic rings. The van der Waals surface area contributed by atoms with Crippen molar-refractivity contribution in [3.8, 4) is 22.6 Å². The van der Waals surface area contributed by atoms with Crippen LogP contribution in [0.15, 0.2) is 94.9 Å². The van der Waals surface area contributed by atoms with Crippen LogP contribution in [0.1, 0.15) is 5.56 Å². The van der Waals surface area contributed by atoms with Gasteiger partial charge in [-0.3, -0.25) is 4.79 Å². The number of nitrogens with zero attached hydrogens (tertiary/aromatic N) is 1. The highest BCUT2D eigenvalue weighted by molar-refractivity contribution is 7.90. The molecule has 0 radical (unpaired) electrons. The second-order valence-corrected chi connectivity index (χ2v) is 10.7. The Morgan fingerprint density at radius 2 is 1.81 bits per heavy atom. The van der Waals surface area contributed by atoms with Gasteiger partial charge in [-0.2, -0.15) is 0 Å². The molecule has 7 nitrogen and oxygen atoms in total. The summed E-state index contributed by atoms with van der Waals surface area (Å²) in [5, 5.41) is 3.85. The van der Waals surface area contributed by atoms with E-state index in [-0.39, 0.29) is 16.3 Å². The number of aryl methyl sites for hydroxylation is 1. The van der Waals surface area contributed by atoms with Crippen LogP contribution in [0.3, 0.4) is 0 Å². The van der Waals surface area contributed by atoms with Gasteiger partial charge in [-0.25, -0.2) is 12.8 Å². The molecule has 0 saturated heterocycles. The number of benzene rings is 3. The first kappa shape index (κ1) is 24.3. The number of aromatic nitrogens is 2. The van der Waals surface area contributed by atoms with E-state index in [4.69, 9.17) is 4.74 Å². The van der Waals surface area contributed by atoms with Crippen molar-refractivity contribution in [2.24, 2.45) is 7.05 Å². The van der Waals surface area contributed by atoms with E-state index in [9.17, 15) is 17.6 Å². The van der Waals surface area contributed by atoms with Crippen molar-refractivity contribution < 1.29 is 17.5 Å². The van der Waals surface area contributed by atoms with Gasteiger partial charge in [-0.05, 0) is 42.5 Å². The van der Waals surface area contributed by atoms with E-state index in [1.807, 2.05) is 6.07 Å². The Bertz CT molecular complexity index is 1790. The van der Waals surface area contributed by atoms with Crippen molar-refractivity contribution in [2.75, 3.05) is 11.6 Å². The van der Waals surface area contributed by atoms with Crippen molar-refractivity contribution >= 4 is 26.4 Å². The van der Waals surface area contributed by atoms with Gasteiger partial charge in [0.2, 0.25) is 0 Å². The molecule has 2 heterocycles. The predicted octanol–water partition coefficient (Wildman–Crippen LogP) is 5.48. The summed E-state index contributed by atoms with van der Waals surface area (Å²) < 4.78 is 46.4. The quantitative estimate of drug-likeness (QED) is 0.298. The molecule has 0 aliphatic heterocycles. The van der Waals surface area contributed by atoms with Crippen LogP contribution in [0.2, 0.25) is 0 Å². The maximum absolute atomic E-state index is 14.0. The fourth-order valence-electron chi connectivity index (χ4n) is 4.16. The number of aromatic amines is 1. The molecule has 0 fully saturated rings. The molecule has 5 rings (SSSR count). The molecular weight excluding hydrogens is 493 g/mol. The highest BCUT2D eigenvalue weighted by Gasteiger charge is 2.18. The van der Waals surface area contributed by atoms with Crippen LogP contribution in [0.5, 0.6) is 11.5 Å². The number of ether oxygens (including phenoxy) is 1. The lowest BCUT2D eigenvalue weighted by Crippen LogP contribution is -2.16. The van der Waals surface area contributed by atoms with E-state index in [1.165, 1.54) is 16.7 Å². The summed E-state index contributed by atoms with van der Waals surface area (Å²) in [7, 11) is -1.86. The van der Waals surface area contributed by atoms with E-state index in [0.29, 0.717) is 45.6 Å². The van der Waals surface area contributed by atoms with Gasteiger partial charge in [0.25, 0.3) is 5.56 Å². The standard InChI is InChI=1S/C28H24FN3O4S/c1-32-17-24(22-12-13-30-27(22)28(32)33)23-15-21(37(2,34)35)10-11-26(23)36-20-8-5-7-19(14-20)31-16-18-6-3-4-9-25(18)29/h3-15,17,30-31H,16H2,1-2H3. The van der Waals surface area contributed by atoms with Crippen molar-refractivity contribution in [3.63, 3.8) is 0 Å². The molecule has 0 aliphatic carbocycles. The van der Waals surface area contributed by atoms with E-state index in [1.54, 1.807) is 74.0 Å². The monoisotopic (exact) mass is 517 g/mol. The van der Waals surface area contributed by atoms with Crippen LogP contribution in [0, 0.1) is 5.82 Å². The fourth-order valence-corrected chi connectivity index (χ4v) is 4.81. The molecule has 0 atom stereocenters. The molecule has 0 spiro atoms. The maximum atomic E-state index is 14.0. The molecule has 0 aliphatic rings. The minimum absolute atomic E-state index is 0.132. The fraction of sp³-hybridized carbons (Fsp3) is 0.107. The van der Waals surface area contributed by atoms with Gasteiger partial charge < -0.3 is 19.6 Å². The normalized spacial score (nSPS) is 11.5. The Balaban J connectivity index is 1.54. The average molecular weight is 518 g/mol. The summed E-state index contributed by atoms with van der Waals surface area (Å²) in [6, 6.07) is 20.2. The van der Waals surface area contributed by atoms with Crippen LogP contribution in [-0.4, -0.2) is 24.2 Å². The smallest absolute Gasteiger partial charge is 0.274 e. The summed E-state index contributed by atoms with van der Waals surface area (Å²) in [4.78, 5) is 15.7. The highest BCUT2D eigenvalue weighted by Crippen LogP contribution is 2.38. The number of fused-ring (bicyclic) bond motifs is 1. The number of anilines is 1. The molecule has 0 saturated carbocycles. The number of nitrogens with one attached hydrogen (secondary N) is 2. The van der Waals surface area contributed by atoms with Gasteiger partial charge in [0.1, 0.15) is 22.8 Å². The molecule has 2 N–H and O–H groups in total. The van der Waals surface area contributed by atoms with Crippen LogP contribution in [0.4, 0.5) is 10.1 Å². The maximum Gasteiger partial charge on any atom is 0.274 e. The molecular formula is C28H24FN3O4S. The van der Waals surface area contributed by atoms with Crippen molar-refractivity contribution in [1.82, 2.24) is 9.55 Å². The third-order valence-electron chi connectivity index (χ3n) is 6.07. The SMILES string of the molecule is Cn1cc(-c2cc(S(C)(=O)=O)ccc2Oc2cccc(NCc3ccccc3F)c2)c2cc[nH]c2c1=O. The Labute approximate surface area is 213 Å². The zero-order chi connectivity index (χ0) is 26.2. The van der Waals surface area contributed by atoms with Crippen LogP contribution in [-0.2, 0) is 23.4 Å². The lowest BCUT2D eigenvalue weighted by atomic mass is 10.0. The molecule has 37 heavy (non-hydrogen) atoms. The first-order valence-corrected chi connectivity index (χ1v) is 13.4. The lowest BCUT2D eigenvalue weighted by Gasteiger charge is -2.15. The summed E-state index contributed by atoms with van der Waals surface area (Å²) in [6.07, 6.45) is 4.48. The topological polar surface area (TPSA) is 93.2 Å². The Hall–Kier alpha value is -4.37. The number of H-pyrrole nitrogens is 1. The van der Waals surface area contributed by atoms with E-state index in [2.05, 4.69) is 10.3 Å². The summed E-state index contributed by atoms with van der Waals surface area (Å²) >= 11 is 0. The minimum Gasteiger partial charge on any atom is -0.457 e. The van der Waals surface area contributed by atoms with Gasteiger partial charge in [-0.15, -0.1) is 0 Å². The molecule has 2 aromatic heterocycles. The van der Waals surface area contributed by atoms with Gasteiger partial charge >= 0.3 is 0 Å². The van der Waals surface area contributed by atoms with E-state index >= 15 is 0 Å². The number of rotatable bonds is 7. The first-order valence-electron chi connectivity index (χ1n) is 11.5.